The summed E-state index contributed by atoms with van der Waals surface area (Å²) in [4.78, 5) is 28.7. The number of hydrogen-bond donors (Lipinski definition) is 1. The van der Waals surface area contributed by atoms with Crippen LogP contribution >= 0.6 is 0 Å². The first-order valence-corrected chi connectivity index (χ1v) is 19.5. The molecule has 1 N–H and O–H groups in total. The first-order valence-electron chi connectivity index (χ1n) is 18.3. The highest BCUT2D eigenvalue weighted by Gasteiger charge is 2.28. The van der Waals surface area contributed by atoms with E-state index in [9.17, 15) is 17.8 Å². The van der Waals surface area contributed by atoms with Crippen LogP contribution in [0.1, 0.15) is 56.1 Å². The van der Waals surface area contributed by atoms with Crippen LogP contribution in [0.25, 0.3) is 5.70 Å². The Morgan fingerprint density at radius 3 is 2.42 bits per heavy atom. The highest BCUT2D eigenvalue weighted by Crippen LogP contribution is 2.35. The molecule has 0 spiro atoms. The first kappa shape index (κ1) is 40.1. The summed E-state index contributed by atoms with van der Waals surface area (Å²) < 4.78 is 44.7. The predicted molar refractivity (Wildman–Crippen MR) is 209 cm³/mol. The molecule has 5 rings (SSSR count). The molecule has 3 aliphatic rings. The maximum Gasteiger partial charge on any atom is 0.387 e. The zero-order valence-corrected chi connectivity index (χ0v) is 32.2. The van der Waals surface area contributed by atoms with Crippen LogP contribution in [0.2, 0.25) is 0 Å². The molecule has 1 aromatic carbocycles. The minimum absolute atomic E-state index is 0.0811. The van der Waals surface area contributed by atoms with E-state index in [1.54, 1.807) is 0 Å². The third-order valence-electron chi connectivity index (χ3n) is 10.2. The maximum atomic E-state index is 13.6. The molecular weight excluding hydrogens is 699 g/mol. The number of hydrogen-bond acceptors (Lipinski definition) is 10. The van der Waals surface area contributed by atoms with Crippen LogP contribution in [0.15, 0.2) is 72.7 Å². The molecule has 0 radical (unpaired) electrons. The summed E-state index contributed by atoms with van der Waals surface area (Å²) >= 11 is 0. The molecule has 288 valence electrons. The fourth-order valence-corrected chi connectivity index (χ4v) is 8.41. The van der Waals surface area contributed by atoms with Gasteiger partial charge in [0.25, 0.3) is 0 Å². The van der Waals surface area contributed by atoms with Crippen molar-refractivity contribution in [1.82, 2.24) is 29.0 Å². The van der Waals surface area contributed by atoms with Gasteiger partial charge in [-0.3, -0.25) is 0 Å². The van der Waals surface area contributed by atoms with Crippen LogP contribution in [0.3, 0.4) is 0 Å². The third kappa shape index (κ3) is 11.0. The molecule has 0 bridgehead atoms. The van der Waals surface area contributed by atoms with Gasteiger partial charge in [0, 0.05) is 95.2 Å². The Balaban J connectivity index is 1.08. The number of nitrogens with one attached hydrogen (secondary N) is 1. The molecule has 2 atom stereocenters. The minimum atomic E-state index is -2.92. The van der Waals surface area contributed by atoms with E-state index in [0.717, 1.165) is 85.7 Å². The van der Waals surface area contributed by atoms with Crippen molar-refractivity contribution in [2.75, 3.05) is 77.2 Å². The lowest BCUT2D eigenvalue weighted by atomic mass is 9.87. The van der Waals surface area contributed by atoms with Crippen molar-refractivity contribution in [2.45, 2.75) is 57.6 Å². The second-order valence-corrected chi connectivity index (χ2v) is 15.9. The van der Waals surface area contributed by atoms with Gasteiger partial charge in [0.2, 0.25) is 5.95 Å². The summed E-state index contributed by atoms with van der Waals surface area (Å²) in [7, 11) is 4.80. The summed E-state index contributed by atoms with van der Waals surface area (Å²) in [5.74, 6) is 1.14. The number of piperidine rings is 2. The number of likely N-dealkylation sites (tertiary alicyclic amines) is 1. The molecule has 2 fully saturated rings. The number of nitrogens with zero attached hydrogens (tertiary/aromatic N) is 7. The second kappa shape index (κ2) is 18.8. The zero-order chi connectivity index (χ0) is 38.1. The van der Waals surface area contributed by atoms with Gasteiger partial charge in [-0.15, -0.1) is 0 Å². The quantitative estimate of drug-likeness (QED) is 0.196. The molecule has 0 amide bonds. The smallest absolute Gasteiger partial charge is 0.387 e. The number of benzene rings is 1. The van der Waals surface area contributed by atoms with E-state index in [4.69, 9.17) is 0 Å². The van der Waals surface area contributed by atoms with Crippen molar-refractivity contribution in [3.8, 4) is 5.75 Å². The number of carbonyl (C=O) groups is 1. The number of halogens is 2. The van der Waals surface area contributed by atoms with Crippen LogP contribution in [0.5, 0.6) is 5.75 Å². The molecular formula is C39H54F2N8O3S. The number of ether oxygens (including phenoxy) is 1. The van der Waals surface area contributed by atoms with Crippen molar-refractivity contribution >= 4 is 34.6 Å². The molecule has 2 unspecified atom stereocenters. The van der Waals surface area contributed by atoms with Crippen LogP contribution in [0.4, 0.5) is 20.4 Å². The van der Waals surface area contributed by atoms with E-state index in [-0.39, 0.29) is 11.8 Å². The van der Waals surface area contributed by atoms with Crippen molar-refractivity contribution < 1.29 is 22.5 Å². The van der Waals surface area contributed by atoms with Gasteiger partial charge in [0.1, 0.15) is 17.3 Å². The number of allylic oxidation sites excluding steroid dienone is 2. The van der Waals surface area contributed by atoms with Gasteiger partial charge in [-0.1, -0.05) is 32.2 Å². The molecule has 2 saturated heterocycles. The Kier molecular flexibility index (Phi) is 14.2. The Bertz CT molecular complexity index is 1650. The average Bonchev–Trinajstić information content (AvgIpc) is 3.15. The van der Waals surface area contributed by atoms with E-state index in [1.807, 2.05) is 34.6 Å². The fraction of sp³-hybridized carbons (Fsp3) is 0.513. The van der Waals surface area contributed by atoms with Crippen LogP contribution in [-0.4, -0.2) is 119 Å². The summed E-state index contributed by atoms with van der Waals surface area (Å²) in [5.41, 5.74) is 5.41. The standard InChI is InChI=1S/C39H54F2N8O3S/c1-28(25-47-17-12-31(13-18-47)32-9-11-36(37(22-32)45(4)5)30(3)46(6)16-7-21-50)26-48-27-35(10-8-29(48)2)53(51)49-19-14-33(15-20-49)44-39-42-23-34(24-43-39)52-38(40)41/h8-11,21-24,27-28,31,33,38H,2-3,7,12-20,25-26H2,1,4-6H3,(H,42,43,44). The molecule has 2 aromatic rings. The molecule has 3 aliphatic heterocycles. The van der Waals surface area contributed by atoms with Gasteiger partial charge in [-0.05, 0) is 74.4 Å². The minimum Gasteiger partial charge on any atom is -0.432 e. The Morgan fingerprint density at radius 2 is 1.77 bits per heavy atom. The highest BCUT2D eigenvalue weighted by atomic mass is 32.2. The van der Waals surface area contributed by atoms with Gasteiger partial charge in [-0.2, -0.15) is 8.78 Å². The molecule has 4 heterocycles. The van der Waals surface area contributed by atoms with Crippen LogP contribution < -0.4 is 15.0 Å². The number of aromatic nitrogens is 2. The van der Waals surface area contributed by atoms with E-state index in [0.29, 0.717) is 43.8 Å². The molecule has 1 aromatic heterocycles. The van der Waals surface area contributed by atoms with Crippen molar-refractivity contribution in [2.24, 2.45) is 5.92 Å². The predicted octanol–water partition coefficient (Wildman–Crippen LogP) is 5.92. The highest BCUT2D eigenvalue weighted by molar-refractivity contribution is 7.86. The normalized spacial score (nSPS) is 18.8. The van der Waals surface area contributed by atoms with Crippen LogP contribution in [-0.2, 0) is 15.8 Å². The van der Waals surface area contributed by atoms with Crippen molar-refractivity contribution in [3.63, 3.8) is 0 Å². The molecule has 0 saturated carbocycles. The third-order valence-corrected chi connectivity index (χ3v) is 11.6. The lowest BCUT2D eigenvalue weighted by molar-refractivity contribution is -0.108. The SMILES string of the molecule is C=C(c1ccc(C2CCN(CC(C)CN3C=C(S(=O)N4CCC(Nc5ncc(OC(F)F)cn5)CC4)C=CC3=C)CC2)cc1N(C)C)N(C)CCC=O. The lowest BCUT2D eigenvalue weighted by Crippen LogP contribution is -2.41. The van der Waals surface area contributed by atoms with Gasteiger partial charge >= 0.3 is 6.61 Å². The lowest BCUT2D eigenvalue weighted by Gasteiger charge is -2.36. The van der Waals surface area contributed by atoms with Gasteiger partial charge in [0.15, 0.2) is 5.75 Å². The molecule has 0 aliphatic carbocycles. The largest absolute Gasteiger partial charge is 0.432 e. The van der Waals surface area contributed by atoms with Crippen molar-refractivity contribution in [1.29, 1.82) is 0 Å². The zero-order valence-electron chi connectivity index (χ0n) is 31.4. The fourth-order valence-electron chi connectivity index (χ4n) is 7.17. The number of aldehydes is 1. The maximum absolute atomic E-state index is 13.6. The summed E-state index contributed by atoms with van der Waals surface area (Å²) in [6.45, 7) is 13.7. The summed E-state index contributed by atoms with van der Waals surface area (Å²) in [6.07, 6.45) is 13.4. The van der Waals surface area contributed by atoms with Gasteiger partial charge in [0.05, 0.1) is 17.3 Å². The number of rotatable bonds is 17. The van der Waals surface area contributed by atoms with E-state index >= 15 is 0 Å². The Labute approximate surface area is 315 Å². The van der Waals surface area contributed by atoms with Gasteiger partial charge in [-0.25, -0.2) is 18.5 Å². The Morgan fingerprint density at radius 1 is 1.08 bits per heavy atom. The topological polar surface area (TPSA) is 97.4 Å². The summed E-state index contributed by atoms with van der Waals surface area (Å²) in [5, 5.41) is 3.24. The number of anilines is 2. The van der Waals surface area contributed by atoms with Gasteiger partial charge < -0.3 is 34.4 Å². The monoisotopic (exact) mass is 752 g/mol. The number of carbonyl (C=O) groups excluding carboxylic acids is 1. The number of alkyl halides is 2. The molecule has 53 heavy (non-hydrogen) atoms. The second-order valence-electron chi connectivity index (χ2n) is 14.4. The first-order chi connectivity index (χ1) is 25.4. The van der Waals surface area contributed by atoms with Crippen molar-refractivity contribution in [3.05, 3.63) is 83.8 Å². The molecule has 11 nitrogen and oxygen atoms in total. The van der Waals surface area contributed by atoms with Crippen LogP contribution in [0, 0.1) is 5.92 Å². The van der Waals surface area contributed by atoms with E-state index in [1.165, 1.54) is 18.0 Å². The Hall–Kier alpha value is -4.14. The van der Waals surface area contributed by atoms with E-state index in [2.05, 4.69) is 87.1 Å². The molecule has 14 heteroatoms. The average molecular weight is 753 g/mol. The summed E-state index contributed by atoms with van der Waals surface area (Å²) in [6, 6.07) is 6.83. The van der Waals surface area contributed by atoms with E-state index < -0.39 is 17.6 Å².